The third kappa shape index (κ3) is 11.0. The molecule has 26 rings (SSSR count). The fourth-order valence-electron chi connectivity index (χ4n) is 21.9. The van der Waals surface area contributed by atoms with Crippen LogP contribution >= 0.6 is 0 Å². The number of hydrogen-bond acceptors (Lipinski definition) is 0. The molecule has 588 valence electrons. The lowest BCUT2D eigenvalue weighted by Crippen LogP contribution is -2.29. The first-order valence-corrected chi connectivity index (χ1v) is 43.7. The van der Waals surface area contributed by atoms with Crippen LogP contribution in [0.25, 0.3) is 177 Å². The molecule has 0 aliphatic heterocycles. The van der Waals surface area contributed by atoms with Gasteiger partial charge in [0.15, 0.2) is 0 Å². The maximum absolute atomic E-state index is 2.55. The average Bonchev–Trinajstić information content (AvgIpc) is 1.51. The number of aromatic nitrogens is 4. The predicted molar refractivity (Wildman–Crippen MR) is 527 cm³/mol. The van der Waals surface area contributed by atoms with Gasteiger partial charge in [0.2, 0.25) is 0 Å². The van der Waals surface area contributed by atoms with Crippen LogP contribution in [0.5, 0.6) is 0 Å². The number of hydrogen-bond donors (Lipinski definition) is 0. The van der Waals surface area contributed by atoms with E-state index in [-0.39, 0.29) is 0 Å². The van der Waals surface area contributed by atoms with Gasteiger partial charge in [0.05, 0.1) is 55.0 Å². The van der Waals surface area contributed by atoms with Crippen molar-refractivity contribution >= 4 is 87.2 Å². The van der Waals surface area contributed by atoms with E-state index in [9.17, 15) is 0 Å². The normalized spacial score (nSPS) is 12.9. The molecular weight excluding hydrogens is 1520 g/mol. The topological polar surface area (TPSA) is 19.7 Å². The monoisotopic (exact) mass is 1600 g/mol. The van der Waals surface area contributed by atoms with E-state index in [1.807, 2.05) is 0 Å². The summed E-state index contributed by atoms with van der Waals surface area (Å²) in [5.41, 5.74) is 38.2. The van der Waals surface area contributed by atoms with Crippen LogP contribution in [0.2, 0.25) is 0 Å². The van der Waals surface area contributed by atoms with Crippen molar-refractivity contribution in [2.24, 2.45) is 0 Å². The van der Waals surface area contributed by atoms with Crippen molar-refractivity contribution in [1.82, 2.24) is 18.3 Å². The highest BCUT2D eigenvalue weighted by Gasteiger charge is 2.50. The van der Waals surface area contributed by atoms with Gasteiger partial charge in [-0.1, -0.05) is 370 Å². The average molecular weight is 1600 g/mol. The van der Waals surface area contributed by atoms with Gasteiger partial charge in [-0.25, -0.2) is 0 Å². The summed E-state index contributed by atoms with van der Waals surface area (Å²) in [6, 6.07) is 179. The fraction of sp³-hybridized carbons (Fsp3) is 0.0164. The third-order valence-corrected chi connectivity index (χ3v) is 27.2. The Morgan fingerprint density at radius 2 is 0.429 bits per heavy atom. The summed E-state index contributed by atoms with van der Waals surface area (Å²) in [4.78, 5) is 0. The summed E-state index contributed by atoms with van der Waals surface area (Å²) in [6.45, 7) is 0. The molecule has 4 nitrogen and oxygen atoms in total. The Bertz CT molecular complexity index is 8290. The molecule has 0 fully saturated rings. The zero-order valence-corrected chi connectivity index (χ0v) is 69.0. The zero-order chi connectivity index (χ0) is 83.0. The van der Waals surface area contributed by atoms with Crippen LogP contribution in [-0.2, 0) is 10.8 Å². The molecule has 2 aliphatic carbocycles. The highest BCUT2D eigenvalue weighted by molar-refractivity contribution is 6.19. The molecule has 0 radical (unpaired) electrons. The van der Waals surface area contributed by atoms with Crippen molar-refractivity contribution in [2.75, 3.05) is 0 Å². The van der Waals surface area contributed by atoms with E-state index in [0.717, 1.165) is 17.1 Å². The van der Waals surface area contributed by atoms with Crippen LogP contribution in [0, 0.1) is 0 Å². The van der Waals surface area contributed by atoms with Crippen LogP contribution in [0.15, 0.2) is 485 Å². The molecule has 2 aliphatic rings. The smallest absolute Gasteiger partial charge is 0.0734 e. The number of rotatable bonds is 12. The Labute approximate surface area is 730 Å². The lowest BCUT2D eigenvalue weighted by atomic mass is 9.67. The number of nitrogens with zero attached hydrogens (tertiary/aromatic N) is 4. The molecule has 0 saturated carbocycles. The number of para-hydroxylation sites is 4. The minimum Gasteiger partial charge on any atom is -0.309 e. The van der Waals surface area contributed by atoms with Crippen molar-refractivity contribution in [3.05, 3.63) is 530 Å². The summed E-state index contributed by atoms with van der Waals surface area (Å²) in [6.07, 6.45) is 0. The van der Waals surface area contributed by atoms with E-state index in [1.165, 1.54) is 204 Å². The molecule has 126 heavy (non-hydrogen) atoms. The van der Waals surface area contributed by atoms with Crippen LogP contribution in [-0.4, -0.2) is 18.3 Å². The van der Waals surface area contributed by atoms with Crippen LogP contribution in [0.1, 0.15) is 44.5 Å². The standard InChI is InChI=1S/2C61H40N2/c1-5-17-41(18-6-1)42-29-33-48(34-30-42)63-58-38-32-44(43-31-37-57-53(39-43)50-26-14-16-28-56(50)62(57)47-23-11-4-12-24-47)40-54(58)52-36-35-51-49-25-13-15-27-55(49)61(59(51)60(52)63,45-19-7-2-8-20-45)46-21-9-3-10-22-46;1-5-17-41(18-6-1)42-29-33-48(34-30-42)63-57-37-32-44(43-31-36-56-52(39-43)50-26-14-16-28-55(50)62(56)47-23-11-4-12-24-47)40-53(57)59-58(63)38-35-51-49-25-13-15-27-54(49)61(60(51)59,45-19-7-2-8-20-45)46-21-9-3-10-22-46/h2*1-40H. The molecule has 4 heterocycles. The van der Waals surface area contributed by atoms with Gasteiger partial charge in [-0.15, -0.1) is 0 Å². The molecule has 0 unspecified atom stereocenters. The largest absolute Gasteiger partial charge is 0.309 e. The van der Waals surface area contributed by atoms with Crippen molar-refractivity contribution in [1.29, 1.82) is 0 Å². The first kappa shape index (κ1) is 72.4. The molecule has 0 bridgehead atoms. The van der Waals surface area contributed by atoms with Gasteiger partial charge in [-0.05, 0) is 221 Å². The van der Waals surface area contributed by atoms with Gasteiger partial charge in [-0.3, -0.25) is 0 Å². The minimum absolute atomic E-state index is 0.557. The molecule has 0 atom stereocenters. The summed E-state index contributed by atoms with van der Waals surface area (Å²) in [5.74, 6) is 0. The van der Waals surface area contributed by atoms with E-state index < -0.39 is 10.8 Å². The maximum Gasteiger partial charge on any atom is 0.0734 e. The molecule has 0 saturated heterocycles. The summed E-state index contributed by atoms with van der Waals surface area (Å²) >= 11 is 0. The second-order valence-electron chi connectivity index (χ2n) is 33.6. The first-order chi connectivity index (χ1) is 62.5. The van der Waals surface area contributed by atoms with Crippen molar-refractivity contribution in [3.63, 3.8) is 0 Å². The Morgan fingerprint density at radius 1 is 0.151 bits per heavy atom. The summed E-state index contributed by atoms with van der Waals surface area (Å²) in [7, 11) is 0. The van der Waals surface area contributed by atoms with Crippen LogP contribution in [0.3, 0.4) is 0 Å². The minimum atomic E-state index is -0.565. The molecule has 20 aromatic carbocycles. The van der Waals surface area contributed by atoms with E-state index >= 15 is 0 Å². The second-order valence-corrected chi connectivity index (χ2v) is 33.6. The molecule has 24 aromatic rings. The molecule has 4 heteroatoms. The highest BCUT2D eigenvalue weighted by Crippen LogP contribution is 2.62. The Morgan fingerprint density at radius 3 is 0.865 bits per heavy atom. The van der Waals surface area contributed by atoms with Crippen LogP contribution < -0.4 is 0 Å². The summed E-state index contributed by atoms with van der Waals surface area (Å²) < 4.78 is 9.82. The SMILES string of the molecule is c1ccc(-c2ccc(-n3c4ccc(-c5ccc6c(c5)c5ccccc5n6-c5ccccc5)cc4c4c5c(ccc43)-c3ccccc3C5(c3ccccc3)c3ccccc3)cc2)cc1.c1ccc(-c2ccc(-n3c4ccc(-c5ccc6c(c5)c5ccccc5n6-c5ccccc5)cc4c4ccc5c(c43)C(c3ccccc3)(c3ccccc3)c3ccccc3-5)cc2)cc1. The van der Waals surface area contributed by atoms with Gasteiger partial charge in [0.25, 0.3) is 0 Å². The molecule has 4 aromatic heterocycles. The quantitative estimate of drug-likeness (QED) is 0.116. The third-order valence-electron chi connectivity index (χ3n) is 27.2. The Hall–Kier alpha value is -16.4. The number of fused-ring (bicyclic) bond motifs is 20. The predicted octanol–water partition coefficient (Wildman–Crippen LogP) is 31.2. The number of benzene rings is 20. The van der Waals surface area contributed by atoms with E-state index in [4.69, 9.17) is 0 Å². The van der Waals surface area contributed by atoms with E-state index in [0.29, 0.717) is 0 Å². The molecular formula is C122H80N4. The van der Waals surface area contributed by atoms with Crippen molar-refractivity contribution < 1.29 is 0 Å². The van der Waals surface area contributed by atoms with Gasteiger partial charge >= 0.3 is 0 Å². The Kier molecular flexibility index (Phi) is 16.8. The summed E-state index contributed by atoms with van der Waals surface area (Å²) in [5, 5.41) is 9.99. The van der Waals surface area contributed by atoms with Gasteiger partial charge in [-0.2, -0.15) is 0 Å². The van der Waals surface area contributed by atoms with Crippen LogP contribution in [0.4, 0.5) is 0 Å². The lowest BCUT2D eigenvalue weighted by molar-refractivity contribution is 0.772. The van der Waals surface area contributed by atoms with E-state index in [1.54, 1.807) is 0 Å². The van der Waals surface area contributed by atoms with Gasteiger partial charge in [0.1, 0.15) is 0 Å². The first-order valence-electron chi connectivity index (χ1n) is 43.7. The molecule has 0 amide bonds. The van der Waals surface area contributed by atoms with Gasteiger partial charge < -0.3 is 18.3 Å². The molecule has 0 spiro atoms. The molecule has 0 N–H and O–H groups in total. The second kappa shape index (κ2) is 29.2. The van der Waals surface area contributed by atoms with Crippen molar-refractivity contribution in [2.45, 2.75) is 10.8 Å². The van der Waals surface area contributed by atoms with Gasteiger partial charge in [0, 0.05) is 71.4 Å². The maximum atomic E-state index is 2.55. The fourth-order valence-corrected chi connectivity index (χ4v) is 21.9. The van der Waals surface area contributed by atoms with Crippen molar-refractivity contribution in [3.8, 4) is 89.5 Å². The highest BCUT2D eigenvalue weighted by atomic mass is 15.0. The zero-order valence-electron chi connectivity index (χ0n) is 69.0. The lowest BCUT2D eigenvalue weighted by Gasteiger charge is -2.34. The van der Waals surface area contributed by atoms with E-state index in [2.05, 4.69) is 504 Å². The Balaban J connectivity index is 0.000000137.